The molecule has 0 unspecified atom stereocenters. The highest BCUT2D eigenvalue weighted by Crippen LogP contribution is 2.20. The fourth-order valence-electron chi connectivity index (χ4n) is 1.94. The van der Waals surface area contributed by atoms with Crippen molar-refractivity contribution < 1.29 is 9.59 Å². The predicted molar refractivity (Wildman–Crippen MR) is 82.9 cm³/mol. The van der Waals surface area contributed by atoms with Crippen LogP contribution >= 0.6 is 0 Å². The molecule has 0 fully saturated rings. The molecule has 0 saturated carbocycles. The summed E-state index contributed by atoms with van der Waals surface area (Å²) in [5.41, 5.74) is 7.10. The van der Waals surface area contributed by atoms with Gasteiger partial charge in [-0.3, -0.25) is 9.59 Å². The van der Waals surface area contributed by atoms with Crippen molar-refractivity contribution in [3.8, 4) is 0 Å². The minimum atomic E-state index is -0.567. The zero-order valence-corrected chi connectivity index (χ0v) is 12.5. The largest absolute Gasteiger partial charge is 0.347 e. The molecule has 1 atom stereocenters. The minimum Gasteiger partial charge on any atom is -0.347 e. The van der Waals surface area contributed by atoms with E-state index in [4.69, 9.17) is 5.73 Å². The van der Waals surface area contributed by atoms with Gasteiger partial charge in [0, 0.05) is 26.0 Å². The molecule has 0 radical (unpaired) electrons. The van der Waals surface area contributed by atoms with Gasteiger partial charge in [-0.2, -0.15) is 0 Å². The summed E-state index contributed by atoms with van der Waals surface area (Å²) in [5.74, 6) is -0.227. The van der Waals surface area contributed by atoms with Crippen LogP contribution in [0.4, 0.5) is 5.69 Å². The van der Waals surface area contributed by atoms with Crippen molar-refractivity contribution in [1.29, 1.82) is 0 Å². The molecule has 3 N–H and O–H groups in total. The minimum absolute atomic E-state index is 0.0116. The number of aromatic nitrogens is 1. The van der Waals surface area contributed by atoms with Crippen LogP contribution in [0.15, 0.2) is 30.5 Å². The third-order valence-corrected chi connectivity index (χ3v) is 3.26. The first-order valence-corrected chi connectivity index (χ1v) is 6.74. The number of hydrogen-bond donors (Lipinski definition) is 2. The summed E-state index contributed by atoms with van der Waals surface area (Å²) in [6, 6.07) is 6.94. The molecule has 21 heavy (non-hydrogen) atoms. The number of anilines is 1. The molecular weight excluding hydrogens is 268 g/mol. The van der Waals surface area contributed by atoms with Crippen molar-refractivity contribution in [1.82, 2.24) is 9.47 Å². The molecule has 0 saturated heterocycles. The normalized spacial score (nSPS) is 12.2. The number of rotatable bonds is 4. The van der Waals surface area contributed by atoms with E-state index in [2.05, 4.69) is 5.32 Å². The zero-order valence-electron chi connectivity index (χ0n) is 12.5. The van der Waals surface area contributed by atoms with Gasteiger partial charge in [-0.25, -0.2) is 0 Å². The number of carbonyl (C=O) groups is 2. The number of hydrogen-bond acceptors (Lipinski definition) is 3. The SMILES string of the molecule is C[C@@H](N)C(=O)Nc1ccc2ccn(CC(=O)N(C)C)c2c1. The first-order chi connectivity index (χ1) is 9.88. The van der Waals surface area contributed by atoms with E-state index in [1.54, 1.807) is 25.9 Å². The Morgan fingerprint density at radius 2 is 2.05 bits per heavy atom. The van der Waals surface area contributed by atoms with Crippen LogP contribution in [0, 0.1) is 0 Å². The van der Waals surface area contributed by atoms with Gasteiger partial charge < -0.3 is 20.5 Å². The van der Waals surface area contributed by atoms with Gasteiger partial charge in [-0.15, -0.1) is 0 Å². The lowest BCUT2D eigenvalue weighted by molar-refractivity contribution is -0.129. The number of benzene rings is 1. The topological polar surface area (TPSA) is 80.4 Å². The molecule has 6 nitrogen and oxygen atoms in total. The van der Waals surface area contributed by atoms with E-state index >= 15 is 0 Å². The Bertz CT molecular complexity index is 673. The average molecular weight is 288 g/mol. The maximum atomic E-state index is 11.8. The molecule has 2 rings (SSSR count). The molecule has 1 aromatic carbocycles. The van der Waals surface area contributed by atoms with Gasteiger partial charge in [0.15, 0.2) is 0 Å². The smallest absolute Gasteiger partial charge is 0.241 e. The summed E-state index contributed by atoms with van der Waals surface area (Å²) >= 11 is 0. The van der Waals surface area contributed by atoms with Gasteiger partial charge in [0.05, 0.1) is 11.6 Å². The third kappa shape index (κ3) is 3.41. The summed E-state index contributed by atoms with van der Waals surface area (Å²) in [5, 5.41) is 3.77. The second-order valence-electron chi connectivity index (χ2n) is 5.28. The van der Waals surface area contributed by atoms with Crippen molar-refractivity contribution in [2.24, 2.45) is 5.73 Å². The van der Waals surface area contributed by atoms with Crippen LogP contribution < -0.4 is 11.1 Å². The van der Waals surface area contributed by atoms with E-state index in [-0.39, 0.29) is 18.4 Å². The number of amides is 2. The quantitative estimate of drug-likeness (QED) is 0.881. The van der Waals surface area contributed by atoms with Crippen LogP contribution in [0.25, 0.3) is 10.9 Å². The number of nitrogens with two attached hydrogens (primary N) is 1. The second-order valence-corrected chi connectivity index (χ2v) is 5.28. The first kappa shape index (κ1) is 15.1. The molecule has 0 spiro atoms. The fourth-order valence-corrected chi connectivity index (χ4v) is 1.94. The summed E-state index contributed by atoms with van der Waals surface area (Å²) < 4.78 is 1.86. The highest BCUT2D eigenvalue weighted by Gasteiger charge is 2.11. The molecule has 2 aromatic rings. The molecule has 0 aliphatic heterocycles. The van der Waals surface area contributed by atoms with Crippen molar-refractivity contribution in [3.05, 3.63) is 30.5 Å². The van der Waals surface area contributed by atoms with Crippen LogP contribution in [0.1, 0.15) is 6.92 Å². The van der Waals surface area contributed by atoms with E-state index in [1.807, 2.05) is 35.0 Å². The fraction of sp³-hybridized carbons (Fsp3) is 0.333. The lowest BCUT2D eigenvalue weighted by Gasteiger charge is -2.12. The number of nitrogens with one attached hydrogen (secondary N) is 1. The van der Waals surface area contributed by atoms with Gasteiger partial charge in [0.1, 0.15) is 6.54 Å². The molecule has 0 aliphatic rings. The zero-order chi connectivity index (χ0) is 15.6. The number of nitrogens with zero attached hydrogens (tertiary/aromatic N) is 2. The molecule has 2 amide bonds. The molecular formula is C15H20N4O2. The van der Waals surface area contributed by atoms with Crippen LogP contribution in [-0.4, -0.2) is 41.4 Å². The third-order valence-electron chi connectivity index (χ3n) is 3.26. The van der Waals surface area contributed by atoms with E-state index in [9.17, 15) is 9.59 Å². The molecule has 1 heterocycles. The van der Waals surface area contributed by atoms with Crippen LogP contribution in [-0.2, 0) is 16.1 Å². The Balaban J connectivity index is 2.28. The van der Waals surface area contributed by atoms with Gasteiger partial charge in [-0.05, 0) is 30.5 Å². The molecule has 6 heteroatoms. The van der Waals surface area contributed by atoms with Gasteiger partial charge in [-0.1, -0.05) is 6.07 Å². The van der Waals surface area contributed by atoms with E-state index in [1.165, 1.54) is 0 Å². The van der Waals surface area contributed by atoms with E-state index in [0.717, 1.165) is 10.9 Å². The van der Waals surface area contributed by atoms with E-state index in [0.29, 0.717) is 5.69 Å². The monoisotopic (exact) mass is 288 g/mol. The first-order valence-electron chi connectivity index (χ1n) is 6.74. The van der Waals surface area contributed by atoms with Crippen molar-refractivity contribution in [3.63, 3.8) is 0 Å². The van der Waals surface area contributed by atoms with E-state index < -0.39 is 6.04 Å². The molecule has 0 aliphatic carbocycles. The summed E-state index contributed by atoms with van der Waals surface area (Å²) in [4.78, 5) is 25.0. The summed E-state index contributed by atoms with van der Waals surface area (Å²) in [7, 11) is 3.45. The Labute approximate surface area is 123 Å². The standard InChI is InChI=1S/C15H20N4O2/c1-10(16)15(21)17-12-5-4-11-6-7-19(13(11)8-12)9-14(20)18(2)3/h4-8,10H,9,16H2,1-3H3,(H,17,21)/t10-/m1/s1. The molecule has 0 bridgehead atoms. The summed E-state index contributed by atoms with van der Waals surface area (Å²) in [6.45, 7) is 1.90. The Morgan fingerprint density at radius 3 is 2.67 bits per heavy atom. The van der Waals surface area contributed by atoms with Gasteiger partial charge >= 0.3 is 0 Å². The average Bonchev–Trinajstić information content (AvgIpc) is 2.81. The summed E-state index contributed by atoms with van der Waals surface area (Å²) in [6.07, 6.45) is 1.86. The van der Waals surface area contributed by atoms with Crippen LogP contribution in [0.2, 0.25) is 0 Å². The maximum Gasteiger partial charge on any atom is 0.241 e. The van der Waals surface area contributed by atoms with Crippen molar-refractivity contribution >= 4 is 28.4 Å². The molecule has 1 aromatic heterocycles. The van der Waals surface area contributed by atoms with Crippen LogP contribution in [0.5, 0.6) is 0 Å². The lowest BCUT2D eigenvalue weighted by Crippen LogP contribution is -2.32. The second kappa shape index (κ2) is 5.97. The predicted octanol–water partition coefficient (Wildman–Crippen LogP) is 1.02. The van der Waals surface area contributed by atoms with Crippen molar-refractivity contribution in [2.75, 3.05) is 19.4 Å². The Hall–Kier alpha value is -2.34. The maximum absolute atomic E-state index is 11.8. The van der Waals surface area contributed by atoms with Gasteiger partial charge in [0.2, 0.25) is 11.8 Å². The number of carbonyl (C=O) groups excluding carboxylic acids is 2. The number of likely N-dealkylation sites (N-methyl/N-ethyl adjacent to an activating group) is 1. The number of fused-ring (bicyclic) bond motifs is 1. The van der Waals surface area contributed by atoms with Crippen molar-refractivity contribution in [2.45, 2.75) is 19.5 Å². The Kier molecular flexibility index (Phi) is 4.28. The Morgan fingerprint density at radius 1 is 1.33 bits per heavy atom. The highest BCUT2D eigenvalue weighted by molar-refractivity contribution is 5.96. The molecule has 112 valence electrons. The van der Waals surface area contributed by atoms with Gasteiger partial charge in [0.25, 0.3) is 0 Å². The van der Waals surface area contributed by atoms with Crippen LogP contribution in [0.3, 0.4) is 0 Å². The highest BCUT2D eigenvalue weighted by atomic mass is 16.2. The lowest BCUT2D eigenvalue weighted by atomic mass is 10.2.